The Bertz CT molecular complexity index is 780. The Morgan fingerprint density at radius 1 is 1.28 bits per heavy atom. The first-order chi connectivity index (χ1) is 11.9. The van der Waals surface area contributed by atoms with Gasteiger partial charge in [-0.2, -0.15) is 0 Å². The van der Waals surface area contributed by atoms with E-state index in [0.717, 1.165) is 9.35 Å². The van der Waals surface area contributed by atoms with Crippen LogP contribution in [0.3, 0.4) is 0 Å². The highest BCUT2D eigenvalue weighted by Crippen LogP contribution is 2.32. The van der Waals surface area contributed by atoms with Gasteiger partial charge in [0.2, 0.25) is 5.91 Å². The van der Waals surface area contributed by atoms with Crippen molar-refractivity contribution >= 4 is 39.1 Å². The third kappa shape index (κ3) is 4.26. The minimum Gasteiger partial charge on any atom is -0.391 e. The summed E-state index contributed by atoms with van der Waals surface area (Å²) in [5.41, 5.74) is 0.764. The third-order valence-corrected chi connectivity index (χ3v) is 5.67. The van der Waals surface area contributed by atoms with E-state index in [1.54, 1.807) is 24.3 Å². The lowest BCUT2D eigenvalue weighted by molar-refractivity contribution is -0.131. The molecule has 1 aliphatic heterocycles. The fourth-order valence-corrected chi connectivity index (χ4v) is 4.17. The van der Waals surface area contributed by atoms with E-state index in [-0.39, 0.29) is 36.8 Å². The van der Waals surface area contributed by atoms with E-state index in [9.17, 15) is 19.1 Å². The minimum atomic E-state index is -0.636. The van der Waals surface area contributed by atoms with Gasteiger partial charge in [-0.25, -0.2) is 4.39 Å². The summed E-state index contributed by atoms with van der Waals surface area (Å²) in [7, 11) is 0. The Hall–Kier alpha value is -1.77. The second-order valence-corrected chi connectivity index (χ2v) is 8.25. The zero-order chi connectivity index (χ0) is 18.0. The van der Waals surface area contributed by atoms with Gasteiger partial charge < -0.3 is 15.3 Å². The molecule has 132 valence electrons. The first kappa shape index (κ1) is 18.0. The van der Waals surface area contributed by atoms with Crippen LogP contribution >= 0.6 is 27.3 Å². The number of aliphatic hydroxyl groups excluding tert-OH is 1. The molecule has 2 heterocycles. The molecule has 8 heteroatoms. The second-order valence-electron chi connectivity index (χ2n) is 5.79. The zero-order valence-corrected chi connectivity index (χ0v) is 15.5. The van der Waals surface area contributed by atoms with E-state index in [1.807, 2.05) is 0 Å². The number of carbonyl (C=O) groups is 2. The van der Waals surface area contributed by atoms with Crippen LogP contribution in [0.15, 0.2) is 40.2 Å². The lowest BCUT2D eigenvalue weighted by Crippen LogP contribution is -2.40. The highest BCUT2D eigenvalue weighted by Gasteiger charge is 2.35. The first-order valence-corrected chi connectivity index (χ1v) is 9.31. The summed E-state index contributed by atoms with van der Waals surface area (Å²) >= 11 is 4.57. The number of hydrogen-bond donors (Lipinski definition) is 2. The molecular weight excluding hydrogens is 411 g/mol. The lowest BCUT2D eigenvalue weighted by atomic mass is 10.0. The fourth-order valence-electron chi connectivity index (χ4n) is 2.87. The highest BCUT2D eigenvalue weighted by atomic mass is 79.9. The number of benzene rings is 1. The van der Waals surface area contributed by atoms with Gasteiger partial charge in [0.15, 0.2) is 0 Å². The molecular formula is C17H16BrFN2O3S. The molecule has 1 aromatic carbocycles. The molecule has 1 saturated heterocycles. The topological polar surface area (TPSA) is 69.6 Å². The van der Waals surface area contributed by atoms with Crippen molar-refractivity contribution in [3.05, 3.63) is 56.4 Å². The summed E-state index contributed by atoms with van der Waals surface area (Å²) in [5.74, 6) is -0.952. The van der Waals surface area contributed by atoms with E-state index in [1.165, 1.54) is 28.4 Å². The third-order valence-electron chi connectivity index (χ3n) is 4.05. The Morgan fingerprint density at radius 2 is 2.00 bits per heavy atom. The number of likely N-dealkylation sites (tertiary alicyclic amines) is 1. The van der Waals surface area contributed by atoms with Crippen LogP contribution < -0.4 is 5.32 Å². The number of aliphatic hydroxyl groups is 1. The van der Waals surface area contributed by atoms with Gasteiger partial charge in [0, 0.05) is 6.54 Å². The molecule has 1 aromatic heterocycles. The maximum absolute atomic E-state index is 13.1. The predicted molar refractivity (Wildman–Crippen MR) is 95.8 cm³/mol. The Kier molecular flexibility index (Phi) is 5.51. The van der Waals surface area contributed by atoms with Crippen molar-refractivity contribution < 1.29 is 19.1 Å². The second kappa shape index (κ2) is 7.63. The van der Waals surface area contributed by atoms with Crippen LogP contribution in [0, 0.1) is 5.82 Å². The average molecular weight is 427 g/mol. The van der Waals surface area contributed by atoms with Gasteiger partial charge >= 0.3 is 0 Å². The lowest BCUT2D eigenvalue weighted by Gasteiger charge is -2.25. The molecule has 2 aromatic rings. The molecule has 3 rings (SSSR count). The van der Waals surface area contributed by atoms with Crippen molar-refractivity contribution in [1.82, 2.24) is 10.2 Å². The molecule has 2 N–H and O–H groups in total. The quantitative estimate of drug-likeness (QED) is 0.789. The summed E-state index contributed by atoms with van der Waals surface area (Å²) in [6.45, 7) is 0.0417. The van der Waals surface area contributed by atoms with Gasteiger partial charge in [-0.3, -0.25) is 9.59 Å². The molecule has 0 spiro atoms. The smallest absolute Gasteiger partial charge is 0.261 e. The molecule has 1 fully saturated rings. The number of nitrogens with zero attached hydrogens (tertiary/aromatic N) is 1. The van der Waals surface area contributed by atoms with Crippen molar-refractivity contribution in [1.29, 1.82) is 0 Å². The number of amides is 2. The van der Waals surface area contributed by atoms with Crippen molar-refractivity contribution in [3.63, 3.8) is 0 Å². The van der Waals surface area contributed by atoms with Crippen LogP contribution in [0.1, 0.15) is 27.7 Å². The number of rotatable bonds is 4. The SMILES string of the molecule is O=C(NCC(=O)N1C[C@H](O)C[C@@H]1c1ccc(F)cc1)c1ccc(Br)s1. The van der Waals surface area contributed by atoms with E-state index in [4.69, 9.17) is 0 Å². The van der Waals surface area contributed by atoms with Gasteiger partial charge in [0.1, 0.15) is 5.82 Å². The van der Waals surface area contributed by atoms with Gasteiger partial charge in [0.25, 0.3) is 5.91 Å². The summed E-state index contributed by atoms with van der Waals surface area (Å²) in [4.78, 5) is 26.6. The minimum absolute atomic E-state index is 0.154. The van der Waals surface area contributed by atoms with Crippen molar-refractivity contribution in [2.75, 3.05) is 13.1 Å². The van der Waals surface area contributed by atoms with Crippen molar-refractivity contribution in [2.45, 2.75) is 18.6 Å². The largest absolute Gasteiger partial charge is 0.391 e. The Balaban J connectivity index is 1.65. The van der Waals surface area contributed by atoms with Crippen LogP contribution in [0.25, 0.3) is 0 Å². The summed E-state index contributed by atoms with van der Waals surface area (Å²) in [6.07, 6.45) is -0.244. The molecule has 5 nitrogen and oxygen atoms in total. The molecule has 2 atom stereocenters. The zero-order valence-electron chi connectivity index (χ0n) is 13.1. The number of carbonyl (C=O) groups excluding carboxylic acids is 2. The molecule has 0 radical (unpaired) electrons. The van der Waals surface area contributed by atoms with Crippen LogP contribution in [0.4, 0.5) is 4.39 Å². The van der Waals surface area contributed by atoms with Gasteiger partial charge in [-0.05, 0) is 52.2 Å². The summed E-state index contributed by atoms with van der Waals surface area (Å²) < 4.78 is 13.9. The standard InChI is InChI=1S/C17H16BrFN2O3S/c18-15-6-5-14(25-15)17(24)20-8-16(23)21-9-12(22)7-13(21)10-1-3-11(19)4-2-10/h1-6,12-13,22H,7-9H2,(H,20,24)/t12-,13-/m1/s1. The first-order valence-electron chi connectivity index (χ1n) is 7.70. The summed E-state index contributed by atoms with van der Waals surface area (Å²) in [5, 5.41) is 12.5. The molecule has 0 aliphatic carbocycles. The number of nitrogens with one attached hydrogen (secondary N) is 1. The molecule has 1 aliphatic rings. The van der Waals surface area contributed by atoms with E-state index >= 15 is 0 Å². The molecule has 25 heavy (non-hydrogen) atoms. The Labute approximate surface area is 156 Å². The fraction of sp³-hybridized carbons (Fsp3) is 0.294. The molecule has 0 unspecified atom stereocenters. The molecule has 0 bridgehead atoms. The van der Waals surface area contributed by atoms with Crippen LogP contribution in [-0.2, 0) is 4.79 Å². The van der Waals surface area contributed by atoms with E-state index in [0.29, 0.717) is 11.3 Å². The van der Waals surface area contributed by atoms with Crippen LogP contribution in [0.2, 0.25) is 0 Å². The number of β-amino-alcohol motifs (C(OH)–C–C–N with tert-alkyl or cyclic N) is 1. The number of thiophene rings is 1. The van der Waals surface area contributed by atoms with E-state index < -0.39 is 6.10 Å². The maximum atomic E-state index is 13.1. The normalized spacial score (nSPS) is 19.9. The van der Waals surface area contributed by atoms with Crippen molar-refractivity contribution in [3.8, 4) is 0 Å². The van der Waals surface area contributed by atoms with E-state index in [2.05, 4.69) is 21.2 Å². The molecule has 2 amide bonds. The number of halogens is 2. The monoisotopic (exact) mass is 426 g/mol. The predicted octanol–water partition coefficient (Wildman–Crippen LogP) is 2.71. The summed E-state index contributed by atoms with van der Waals surface area (Å²) in [6, 6.07) is 9.01. The van der Waals surface area contributed by atoms with Gasteiger partial charge in [0.05, 0.1) is 27.4 Å². The maximum Gasteiger partial charge on any atom is 0.261 e. The average Bonchev–Trinajstić information content (AvgIpc) is 3.19. The Morgan fingerprint density at radius 3 is 2.64 bits per heavy atom. The van der Waals surface area contributed by atoms with Crippen LogP contribution in [-0.4, -0.2) is 41.0 Å². The number of hydrogen-bond acceptors (Lipinski definition) is 4. The van der Waals surface area contributed by atoms with Crippen LogP contribution in [0.5, 0.6) is 0 Å². The van der Waals surface area contributed by atoms with Gasteiger partial charge in [-0.1, -0.05) is 12.1 Å². The van der Waals surface area contributed by atoms with Crippen molar-refractivity contribution in [2.24, 2.45) is 0 Å². The highest BCUT2D eigenvalue weighted by molar-refractivity contribution is 9.11. The van der Waals surface area contributed by atoms with Gasteiger partial charge in [-0.15, -0.1) is 11.3 Å². The molecule has 0 saturated carbocycles.